The molecule has 0 atom stereocenters. The van der Waals surface area contributed by atoms with E-state index in [2.05, 4.69) is 36.5 Å². The molecule has 4 rings (SSSR count). The molecule has 0 saturated heterocycles. The first-order valence-corrected chi connectivity index (χ1v) is 9.84. The van der Waals surface area contributed by atoms with Gasteiger partial charge in [-0.05, 0) is 55.9 Å². The fourth-order valence-electron chi connectivity index (χ4n) is 3.21. The van der Waals surface area contributed by atoms with E-state index < -0.39 is 0 Å². The van der Waals surface area contributed by atoms with E-state index in [4.69, 9.17) is 0 Å². The zero-order valence-corrected chi connectivity index (χ0v) is 15.8. The summed E-state index contributed by atoms with van der Waals surface area (Å²) in [5, 5.41) is 3.01. The number of nitrogens with zero attached hydrogens (tertiary/aromatic N) is 1. The van der Waals surface area contributed by atoms with Crippen molar-refractivity contribution >= 4 is 17.5 Å². The molecule has 2 aromatic carbocycles. The zero-order chi connectivity index (χ0) is 18.8. The highest BCUT2D eigenvalue weighted by atomic mass is 16.2. The quantitative estimate of drug-likeness (QED) is 0.815. The minimum atomic E-state index is 0.0795. The molecule has 0 spiro atoms. The van der Waals surface area contributed by atoms with E-state index in [0.717, 1.165) is 42.5 Å². The van der Waals surface area contributed by atoms with E-state index in [1.807, 2.05) is 29.2 Å². The van der Waals surface area contributed by atoms with Gasteiger partial charge in [0.2, 0.25) is 11.8 Å². The van der Waals surface area contributed by atoms with Crippen LogP contribution in [0.3, 0.4) is 0 Å². The molecule has 0 radical (unpaired) electrons. The molecule has 2 aliphatic carbocycles. The number of amides is 2. The van der Waals surface area contributed by atoms with Crippen molar-refractivity contribution < 1.29 is 9.59 Å². The van der Waals surface area contributed by atoms with Crippen LogP contribution in [0.15, 0.2) is 48.5 Å². The number of carbonyl (C=O) groups is 2. The Morgan fingerprint density at radius 2 is 1.56 bits per heavy atom. The Morgan fingerprint density at radius 1 is 0.926 bits per heavy atom. The lowest BCUT2D eigenvalue weighted by atomic mass is 10.1. The predicted octanol–water partition coefficient (Wildman–Crippen LogP) is 3.76. The summed E-state index contributed by atoms with van der Waals surface area (Å²) in [5.74, 6) is 0.449. The summed E-state index contributed by atoms with van der Waals surface area (Å²) >= 11 is 0. The lowest BCUT2D eigenvalue weighted by Crippen LogP contribution is -2.31. The average molecular weight is 362 g/mol. The summed E-state index contributed by atoms with van der Waals surface area (Å²) < 4.78 is 0. The van der Waals surface area contributed by atoms with Crippen LogP contribution in [-0.2, 0) is 22.6 Å². The highest BCUT2D eigenvalue weighted by Crippen LogP contribution is 2.33. The average Bonchev–Trinajstić information content (AvgIpc) is 3.55. The van der Waals surface area contributed by atoms with Gasteiger partial charge in [0, 0.05) is 17.6 Å². The largest absolute Gasteiger partial charge is 0.353 e. The number of aryl methyl sites for hydroxylation is 1. The number of benzene rings is 2. The second-order valence-corrected chi connectivity index (χ2v) is 7.87. The Balaban J connectivity index is 1.47. The highest BCUT2D eigenvalue weighted by molar-refractivity contribution is 5.96. The van der Waals surface area contributed by atoms with Crippen LogP contribution in [0.5, 0.6) is 0 Å². The Morgan fingerprint density at radius 3 is 2.15 bits per heavy atom. The second-order valence-electron chi connectivity index (χ2n) is 7.87. The number of carbonyl (C=O) groups excluding carboxylic acids is 2. The molecular weight excluding hydrogens is 336 g/mol. The first-order valence-electron chi connectivity index (χ1n) is 9.84. The SMILES string of the molecule is Cc1ccc(CN(C(=O)C2CC2)c2ccc(CC(=O)NC3CC3)cc2)cc1. The minimum Gasteiger partial charge on any atom is -0.353 e. The molecule has 2 aliphatic rings. The van der Waals surface area contributed by atoms with E-state index in [1.54, 1.807) is 0 Å². The smallest absolute Gasteiger partial charge is 0.230 e. The number of anilines is 1. The number of hydrogen-bond donors (Lipinski definition) is 1. The van der Waals surface area contributed by atoms with E-state index in [-0.39, 0.29) is 17.7 Å². The summed E-state index contributed by atoms with van der Waals surface area (Å²) in [6, 6.07) is 16.6. The van der Waals surface area contributed by atoms with Crippen molar-refractivity contribution in [3.63, 3.8) is 0 Å². The van der Waals surface area contributed by atoms with E-state index in [0.29, 0.717) is 19.0 Å². The number of hydrogen-bond acceptors (Lipinski definition) is 2. The van der Waals surface area contributed by atoms with Crippen LogP contribution in [0.2, 0.25) is 0 Å². The minimum absolute atomic E-state index is 0.0795. The van der Waals surface area contributed by atoms with Crippen molar-refractivity contribution in [3.8, 4) is 0 Å². The topological polar surface area (TPSA) is 49.4 Å². The normalized spacial score (nSPS) is 16.0. The van der Waals surface area contributed by atoms with Gasteiger partial charge in [0.25, 0.3) is 0 Å². The van der Waals surface area contributed by atoms with Gasteiger partial charge < -0.3 is 10.2 Å². The van der Waals surface area contributed by atoms with Crippen LogP contribution in [0.1, 0.15) is 42.4 Å². The fraction of sp³-hybridized carbons (Fsp3) is 0.391. The van der Waals surface area contributed by atoms with Crippen LogP contribution >= 0.6 is 0 Å². The first-order chi connectivity index (χ1) is 13.1. The summed E-state index contributed by atoms with van der Waals surface area (Å²) in [5.41, 5.74) is 4.22. The highest BCUT2D eigenvalue weighted by Gasteiger charge is 2.34. The molecular formula is C23H26N2O2. The molecule has 0 aromatic heterocycles. The summed E-state index contributed by atoms with van der Waals surface area (Å²) in [6.07, 6.45) is 4.57. The molecule has 27 heavy (non-hydrogen) atoms. The van der Waals surface area contributed by atoms with E-state index in [9.17, 15) is 9.59 Å². The van der Waals surface area contributed by atoms with Gasteiger partial charge in [0.1, 0.15) is 0 Å². The van der Waals surface area contributed by atoms with Crippen LogP contribution in [0, 0.1) is 12.8 Å². The van der Waals surface area contributed by atoms with E-state index in [1.165, 1.54) is 5.56 Å². The van der Waals surface area contributed by atoms with Crippen molar-refractivity contribution in [3.05, 3.63) is 65.2 Å². The lowest BCUT2D eigenvalue weighted by Gasteiger charge is -2.23. The van der Waals surface area contributed by atoms with Crippen molar-refractivity contribution in [1.29, 1.82) is 0 Å². The van der Waals surface area contributed by atoms with Crippen molar-refractivity contribution in [2.75, 3.05) is 4.90 Å². The van der Waals surface area contributed by atoms with Gasteiger partial charge in [-0.25, -0.2) is 0 Å². The molecule has 4 heteroatoms. The van der Waals surface area contributed by atoms with Gasteiger partial charge in [-0.1, -0.05) is 42.0 Å². The summed E-state index contributed by atoms with van der Waals surface area (Å²) in [4.78, 5) is 26.7. The third kappa shape index (κ3) is 4.76. The maximum atomic E-state index is 12.8. The van der Waals surface area contributed by atoms with Gasteiger partial charge in [-0.3, -0.25) is 9.59 Å². The monoisotopic (exact) mass is 362 g/mol. The maximum absolute atomic E-state index is 12.8. The van der Waals surface area contributed by atoms with Gasteiger partial charge >= 0.3 is 0 Å². The van der Waals surface area contributed by atoms with Gasteiger partial charge in [0.15, 0.2) is 0 Å². The maximum Gasteiger partial charge on any atom is 0.230 e. The van der Waals surface area contributed by atoms with Crippen LogP contribution in [-0.4, -0.2) is 17.9 Å². The molecule has 2 fully saturated rings. The first kappa shape index (κ1) is 17.8. The van der Waals surface area contributed by atoms with E-state index >= 15 is 0 Å². The molecule has 140 valence electrons. The Labute approximate surface area is 160 Å². The fourth-order valence-corrected chi connectivity index (χ4v) is 3.21. The van der Waals surface area contributed by atoms with Crippen molar-refractivity contribution in [1.82, 2.24) is 5.32 Å². The summed E-state index contributed by atoms with van der Waals surface area (Å²) in [7, 11) is 0. The zero-order valence-electron chi connectivity index (χ0n) is 15.8. The van der Waals surface area contributed by atoms with Crippen molar-refractivity contribution in [2.45, 2.75) is 51.6 Å². The second kappa shape index (κ2) is 7.55. The van der Waals surface area contributed by atoms with Crippen LogP contribution < -0.4 is 10.2 Å². The van der Waals surface area contributed by atoms with Crippen LogP contribution in [0.4, 0.5) is 5.69 Å². The Hall–Kier alpha value is -2.62. The molecule has 0 aliphatic heterocycles. The third-order valence-electron chi connectivity index (χ3n) is 5.21. The van der Waals surface area contributed by atoms with Gasteiger partial charge in [0.05, 0.1) is 13.0 Å². The van der Waals surface area contributed by atoms with Crippen LogP contribution in [0.25, 0.3) is 0 Å². The molecule has 0 heterocycles. The standard InChI is InChI=1S/C23H26N2O2/c1-16-2-4-18(5-3-16)15-25(23(27)19-8-9-19)21-12-6-17(7-13-21)14-22(26)24-20-10-11-20/h2-7,12-13,19-20H,8-11,14-15H2,1H3,(H,24,26). The molecule has 2 amide bonds. The molecule has 4 nitrogen and oxygen atoms in total. The molecule has 1 N–H and O–H groups in total. The van der Waals surface area contributed by atoms with Gasteiger partial charge in [-0.15, -0.1) is 0 Å². The molecule has 2 saturated carbocycles. The van der Waals surface area contributed by atoms with Crippen molar-refractivity contribution in [2.24, 2.45) is 5.92 Å². The molecule has 0 unspecified atom stereocenters. The predicted molar refractivity (Wildman–Crippen MR) is 106 cm³/mol. The van der Waals surface area contributed by atoms with Gasteiger partial charge in [-0.2, -0.15) is 0 Å². The Bertz CT molecular complexity index is 818. The molecule has 0 bridgehead atoms. The summed E-state index contributed by atoms with van der Waals surface area (Å²) in [6.45, 7) is 2.64. The number of rotatable bonds is 7. The number of nitrogens with one attached hydrogen (secondary N) is 1. The third-order valence-corrected chi connectivity index (χ3v) is 5.21. The Kier molecular flexibility index (Phi) is 4.97. The lowest BCUT2D eigenvalue weighted by molar-refractivity contribution is -0.121. The molecule has 2 aromatic rings.